The van der Waals surface area contributed by atoms with Gasteiger partial charge in [-0.05, 0) is 12.1 Å². The minimum atomic E-state index is -7.62. The molecular formula is C14H4F12O5. The second-order valence-corrected chi connectivity index (χ2v) is 5.35. The number of hydrogen-bond acceptors (Lipinski definition) is 3. The first kappa shape index (κ1) is 25.9. The number of ether oxygens (including phenoxy) is 1. The fourth-order valence-corrected chi connectivity index (χ4v) is 1.75. The third-order valence-electron chi connectivity index (χ3n) is 3.32. The third-order valence-corrected chi connectivity index (χ3v) is 3.32. The molecule has 5 nitrogen and oxygen atoms in total. The molecule has 0 bridgehead atoms. The highest BCUT2D eigenvalue weighted by molar-refractivity contribution is 5.94. The van der Waals surface area contributed by atoms with E-state index < -0.39 is 70.4 Å². The normalized spacial score (nSPS) is 14.2. The Morgan fingerprint density at radius 3 is 1.61 bits per heavy atom. The van der Waals surface area contributed by atoms with Gasteiger partial charge in [-0.2, -0.15) is 48.3 Å². The largest absolute Gasteiger partial charge is 0.478 e. The molecule has 17 heteroatoms. The molecule has 0 saturated heterocycles. The number of carbonyl (C=O) groups is 2. The van der Waals surface area contributed by atoms with Gasteiger partial charge in [0.05, 0.1) is 5.56 Å². The molecule has 0 aliphatic heterocycles. The summed E-state index contributed by atoms with van der Waals surface area (Å²) in [6.45, 7) is 0. The molecule has 174 valence electrons. The van der Waals surface area contributed by atoms with Crippen LogP contribution in [0.5, 0.6) is 5.75 Å². The molecule has 31 heavy (non-hydrogen) atoms. The molecule has 1 aromatic rings. The van der Waals surface area contributed by atoms with Crippen molar-refractivity contribution in [2.45, 2.75) is 23.9 Å². The molecular weight excluding hydrogens is 476 g/mol. The predicted octanol–water partition coefficient (Wildman–Crippen LogP) is 5.18. The van der Waals surface area contributed by atoms with Gasteiger partial charge in [0, 0.05) is 0 Å². The van der Waals surface area contributed by atoms with Crippen molar-refractivity contribution in [3.05, 3.63) is 40.9 Å². The number of allylic oxidation sites excluding steroid dienone is 1. The van der Waals surface area contributed by atoms with Crippen LogP contribution in [0.2, 0.25) is 0 Å². The Hall–Kier alpha value is -3.14. The Labute approximate surface area is 161 Å². The molecule has 0 amide bonds. The van der Waals surface area contributed by atoms with Crippen LogP contribution in [0, 0.1) is 5.82 Å². The second kappa shape index (κ2) is 7.84. The van der Waals surface area contributed by atoms with Crippen molar-refractivity contribution in [1.29, 1.82) is 0 Å². The average Bonchev–Trinajstić information content (AvgIpc) is 2.60. The van der Waals surface area contributed by atoms with Crippen molar-refractivity contribution >= 4 is 11.9 Å². The summed E-state index contributed by atoms with van der Waals surface area (Å²) in [5.41, 5.74) is -3.13. The van der Waals surface area contributed by atoms with E-state index in [9.17, 15) is 62.3 Å². The van der Waals surface area contributed by atoms with Crippen molar-refractivity contribution in [2.24, 2.45) is 0 Å². The van der Waals surface area contributed by atoms with Crippen molar-refractivity contribution in [1.82, 2.24) is 0 Å². The Balaban J connectivity index is 3.59. The fourth-order valence-electron chi connectivity index (χ4n) is 1.75. The smallest absolute Gasteiger partial charge is 0.460 e. The molecule has 0 unspecified atom stereocenters. The Kier molecular flexibility index (Phi) is 6.55. The molecule has 0 aliphatic carbocycles. The van der Waals surface area contributed by atoms with E-state index in [1.807, 2.05) is 0 Å². The first-order chi connectivity index (χ1) is 13.7. The minimum absolute atomic E-state index is 0.211. The first-order valence-electron chi connectivity index (χ1n) is 6.94. The van der Waals surface area contributed by atoms with Crippen LogP contribution in [-0.2, 0) is 0 Å². The molecule has 0 aliphatic rings. The highest BCUT2D eigenvalue weighted by Gasteiger charge is 2.83. The summed E-state index contributed by atoms with van der Waals surface area (Å²) < 4.78 is 158. The topological polar surface area (TPSA) is 83.8 Å². The quantitative estimate of drug-likeness (QED) is 0.416. The first-order valence-corrected chi connectivity index (χ1v) is 6.94. The Morgan fingerprint density at radius 1 is 0.774 bits per heavy atom. The number of alkyl halides is 9. The van der Waals surface area contributed by atoms with Gasteiger partial charge in [-0.3, -0.25) is 0 Å². The molecule has 1 aromatic carbocycles. The van der Waals surface area contributed by atoms with Gasteiger partial charge in [-0.25, -0.2) is 14.0 Å². The van der Waals surface area contributed by atoms with E-state index in [0.29, 0.717) is 0 Å². The zero-order chi connectivity index (χ0) is 24.7. The Bertz CT molecular complexity index is 934. The van der Waals surface area contributed by atoms with Gasteiger partial charge in [-0.15, -0.1) is 0 Å². The lowest BCUT2D eigenvalue weighted by Crippen LogP contribution is -2.61. The summed E-state index contributed by atoms with van der Waals surface area (Å²) >= 11 is 0. The van der Waals surface area contributed by atoms with E-state index in [1.54, 1.807) is 0 Å². The SMILES string of the molecule is O=C(O)c1cc(OC(F)=C(F)C(F)(F)C(F)(F)C(F)(F)C(F)(F)F)c(C(=O)O)cc1F. The summed E-state index contributed by atoms with van der Waals surface area (Å²) in [6, 6.07) is -4.10. The molecule has 0 aromatic heterocycles. The molecule has 0 heterocycles. The van der Waals surface area contributed by atoms with E-state index in [0.717, 1.165) is 0 Å². The number of carboxylic acid groups (broad SMARTS) is 2. The van der Waals surface area contributed by atoms with Gasteiger partial charge in [0.2, 0.25) is 5.83 Å². The number of carboxylic acids is 2. The fraction of sp³-hybridized carbons (Fsp3) is 0.286. The van der Waals surface area contributed by atoms with Crippen molar-refractivity contribution in [3.8, 4) is 5.75 Å². The maximum atomic E-state index is 13.6. The molecule has 1 rings (SSSR count). The summed E-state index contributed by atoms with van der Waals surface area (Å²) in [6.07, 6.45) is -7.35. The van der Waals surface area contributed by atoms with Gasteiger partial charge in [-0.1, -0.05) is 0 Å². The maximum absolute atomic E-state index is 13.6. The van der Waals surface area contributed by atoms with Gasteiger partial charge >= 0.3 is 41.9 Å². The van der Waals surface area contributed by atoms with E-state index in [1.165, 1.54) is 0 Å². The van der Waals surface area contributed by atoms with E-state index in [-0.39, 0.29) is 12.1 Å². The lowest BCUT2D eigenvalue weighted by molar-refractivity contribution is -0.392. The van der Waals surface area contributed by atoms with Crippen LogP contribution < -0.4 is 4.74 Å². The lowest BCUT2D eigenvalue weighted by atomic mass is 10.0. The molecule has 0 spiro atoms. The van der Waals surface area contributed by atoms with E-state index in [2.05, 4.69) is 4.74 Å². The second-order valence-electron chi connectivity index (χ2n) is 5.35. The average molecular weight is 480 g/mol. The van der Waals surface area contributed by atoms with Crippen molar-refractivity contribution < 1.29 is 77.2 Å². The number of hydrogen-bond donors (Lipinski definition) is 2. The van der Waals surface area contributed by atoms with Gasteiger partial charge in [0.1, 0.15) is 17.1 Å². The monoisotopic (exact) mass is 480 g/mol. The summed E-state index contributed by atoms with van der Waals surface area (Å²) in [4.78, 5) is 21.6. The summed E-state index contributed by atoms with van der Waals surface area (Å²) in [5, 5.41) is 17.4. The molecule has 0 fully saturated rings. The van der Waals surface area contributed by atoms with Crippen LogP contribution in [-0.4, -0.2) is 46.1 Å². The van der Waals surface area contributed by atoms with Gasteiger partial charge in [0.15, 0.2) is 0 Å². The molecule has 2 N–H and O–H groups in total. The van der Waals surface area contributed by atoms with Crippen LogP contribution >= 0.6 is 0 Å². The number of rotatable bonds is 7. The van der Waals surface area contributed by atoms with Gasteiger partial charge in [0.25, 0.3) is 0 Å². The van der Waals surface area contributed by atoms with E-state index in [4.69, 9.17) is 10.2 Å². The maximum Gasteiger partial charge on any atom is 0.460 e. The van der Waals surface area contributed by atoms with Crippen LogP contribution in [0.1, 0.15) is 20.7 Å². The van der Waals surface area contributed by atoms with Crippen LogP contribution in [0.4, 0.5) is 52.7 Å². The highest BCUT2D eigenvalue weighted by atomic mass is 19.4. The van der Waals surface area contributed by atoms with Crippen LogP contribution in [0.25, 0.3) is 0 Å². The third kappa shape index (κ3) is 4.34. The van der Waals surface area contributed by atoms with Crippen molar-refractivity contribution in [3.63, 3.8) is 0 Å². The summed E-state index contributed by atoms with van der Waals surface area (Å²) in [5.74, 6) is -34.9. The highest BCUT2D eigenvalue weighted by Crippen LogP contribution is 2.55. The molecule has 0 radical (unpaired) electrons. The Morgan fingerprint density at radius 2 is 1.23 bits per heavy atom. The molecule has 0 saturated carbocycles. The number of halogens is 12. The predicted molar refractivity (Wildman–Crippen MR) is 71.1 cm³/mol. The number of benzene rings is 1. The van der Waals surface area contributed by atoms with Gasteiger partial charge < -0.3 is 14.9 Å². The van der Waals surface area contributed by atoms with Crippen LogP contribution in [0.15, 0.2) is 24.0 Å². The number of aromatic carboxylic acids is 2. The summed E-state index contributed by atoms with van der Waals surface area (Å²) in [7, 11) is 0. The zero-order valence-electron chi connectivity index (χ0n) is 13.8. The van der Waals surface area contributed by atoms with Crippen LogP contribution in [0.3, 0.4) is 0 Å². The lowest BCUT2D eigenvalue weighted by Gasteiger charge is -2.32. The standard InChI is InChI=1S/C14H4F12O5/c15-5-1-4(10(29)30)6(2-3(5)9(27)28)31-8(17)7(16)11(18,19)12(20,21)13(22,23)14(24,25)26/h1-2H,(H,27,28)(H,29,30). The van der Waals surface area contributed by atoms with Crippen molar-refractivity contribution in [2.75, 3.05) is 0 Å². The zero-order valence-corrected chi connectivity index (χ0v) is 13.8. The van der Waals surface area contributed by atoms with E-state index >= 15 is 0 Å². The molecule has 0 atom stereocenters. The minimum Gasteiger partial charge on any atom is -0.478 e.